The Bertz CT molecular complexity index is 1440. The highest BCUT2D eigenvalue weighted by molar-refractivity contribution is 8.18. The van der Waals surface area contributed by atoms with E-state index in [1.165, 1.54) is 0 Å². The summed E-state index contributed by atoms with van der Waals surface area (Å²) >= 11 is 0.876. The fourth-order valence-electron chi connectivity index (χ4n) is 3.74. The van der Waals surface area contributed by atoms with Crippen LogP contribution in [0.2, 0.25) is 0 Å². The number of aromatic nitrogens is 3. The predicted molar refractivity (Wildman–Crippen MR) is 138 cm³/mol. The molecule has 4 aromatic rings. The lowest BCUT2D eigenvalue weighted by Gasteiger charge is -2.13. The predicted octanol–water partition coefficient (Wildman–Crippen LogP) is 4.40. The first-order chi connectivity index (χ1) is 17.6. The summed E-state index contributed by atoms with van der Waals surface area (Å²) in [6.45, 7) is 0.170. The molecule has 5 rings (SSSR count). The number of hydrogen-bond donors (Lipinski definition) is 1. The minimum absolute atomic E-state index is 0.0613. The van der Waals surface area contributed by atoms with Crippen molar-refractivity contribution in [3.63, 3.8) is 0 Å². The van der Waals surface area contributed by atoms with E-state index >= 15 is 0 Å². The lowest BCUT2D eigenvalue weighted by molar-refractivity contribution is -0.122. The van der Waals surface area contributed by atoms with Gasteiger partial charge in [0.1, 0.15) is 5.69 Å². The fraction of sp³-hybridized carbons (Fsp3) is 0.0741. The van der Waals surface area contributed by atoms with E-state index < -0.39 is 0 Å². The Morgan fingerprint density at radius 3 is 2.44 bits per heavy atom. The van der Waals surface area contributed by atoms with Gasteiger partial charge in [-0.05, 0) is 47.7 Å². The van der Waals surface area contributed by atoms with Crippen LogP contribution in [0, 0.1) is 0 Å². The maximum absolute atomic E-state index is 13.1. The van der Waals surface area contributed by atoms with Crippen molar-refractivity contribution < 1.29 is 14.4 Å². The first kappa shape index (κ1) is 23.3. The number of benzene rings is 2. The van der Waals surface area contributed by atoms with Crippen LogP contribution in [-0.2, 0) is 4.79 Å². The van der Waals surface area contributed by atoms with Crippen LogP contribution in [0.15, 0.2) is 96.2 Å². The third kappa shape index (κ3) is 4.96. The lowest BCUT2D eigenvalue weighted by atomic mass is 10.1. The molecule has 9 heteroatoms. The molecular weight excluding hydrogens is 474 g/mol. The number of thioether (sulfide) groups is 1. The number of nitrogens with one attached hydrogen (secondary N) is 1. The molecule has 178 valence electrons. The van der Waals surface area contributed by atoms with E-state index in [2.05, 4.69) is 15.4 Å². The Labute approximate surface area is 211 Å². The zero-order valence-electron chi connectivity index (χ0n) is 19.1. The quantitative estimate of drug-likeness (QED) is 0.382. The minimum Gasteiger partial charge on any atom is -0.349 e. The highest BCUT2D eigenvalue weighted by Crippen LogP contribution is 2.31. The van der Waals surface area contributed by atoms with Crippen LogP contribution in [0.1, 0.15) is 16.1 Å². The first-order valence-electron chi connectivity index (χ1n) is 11.2. The van der Waals surface area contributed by atoms with Crippen molar-refractivity contribution in [2.75, 3.05) is 13.1 Å². The Morgan fingerprint density at radius 1 is 0.972 bits per heavy atom. The molecule has 3 heterocycles. The summed E-state index contributed by atoms with van der Waals surface area (Å²) in [4.78, 5) is 43.8. The van der Waals surface area contributed by atoms with Gasteiger partial charge in [-0.25, -0.2) is 4.68 Å². The zero-order valence-corrected chi connectivity index (χ0v) is 19.9. The summed E-state index contributed by atoms with van der Waals surface area (Å²) in [7, 11) is 0. The molecule has 0 aliphatic carbocycles. The summed E-state index contributed by atoms with van der Waals surface area (Å²) in [6, 6.07) is 24.3. The summed E-state index contributed by atoms with van der Waals surface area (Å²) in [5.41, 5.74) is 3.39. The van der Waals surface area contributed by atoms with Crippen LogP contribution in [0.4, 0.5) is 4.79 Å². The first-order valence-corrected chi connectivity index (χ1v) is 12.1. The number of rotatable bonds is 7. The van der Waals surface area contributed by atoms with Gasteiger partial charge in [-0.1, -0.05) is 54.6 Å². The van der Waals surface area contributed by atoms with E-state index in [0.29, 0.717) is 16.3 Å². The number of para-hydroxylation sites is 1. The van der Waals surface area contributed by atoms with Gasteiger partial charge in [0.05, 0.1) is 16.3 Å². The second kappa shape index (κ2) is 10.4. The SMILES string of the molecule is O=C(NCCN1C(=O)SC(=Cc2cccnc2)C1=O)c1cc(-c2ccccc2)nn1-c1ccccc1. The molecule has 2 aromatic carbocycles. The third-order valence-corrected chi connectivity index (χ3v) is 6.40. The summed E-state index contributed by atoms with van der Waals surface area (Å²) in [5.74, 6) is -0.741. The standard InChI is InChI=1S/C27H21N5O3S/c33-25(29-14-15-31-26(34)24(36-27(31)35)16-19-8-7-13-28-18-19)23-17-22(20-9-3-1-4-10-20)30-32(23)21-11-5-2-6-12-21/h1-13,16-18H,14-15H2,(H,29,33). The second-order valence-electron chi connectivity index (χ2n) is 7.90. The Balaban J connectivity index is 1.30. The molecule has 8 nitrogen and oxygen atoms in total. The second-order valence-corrected chi connectivity index (χ2v) is 8.90. The largest absolute Gasteiger partial charge is 0.349 e. The molecule has 1 fully saturated rings. The van der Waals surface area contributed by atoms with Crippen molar-refractivity contribution in [2.24, 2.45) is 0 Å². The van der Waals surface area contributed by atoms with Crippen LogP contribution < -0.4 is 5.32 Å². The highest BCUT2D eigenvalue weighted by atomic mass is 32.2. The number of pyridine rings is 1. The third-order valence-electron chi connectivity index (χ3n) is 5.49. The molecule has 0 spiro atoms. The molecule has 0 unspecified atom stereocenters. The smallest absolute Gasteiger partial charge is 0.293 e. The van der Waals surface area contributed by atoms with Gasteiger partial charge in [-0.15, -0.1) is 0 Å². The van der Waals surface area contributed by atoms with Crippen LogP contribution >= 0.6 is 11.8 Å². The molecule has 1 aliphatic rings. The maximum Gasteiger partial charge on any atom is 0.293 e. The lowest BCUT2D eigenvalue weighted by Crippen LogP contribution is -2.37. The average Bonchev–Trinajstić information content (AvgIpc) is 3.48. The van der Waals surface area contributed by atoms with Gasteiger partial charge in [0.15, 0.2) is 0 Å². The van der Waals surface area contributed by atoms with E-state index in [-0.39, 0.29) is 30.1 Å². The summed E-state index contributed by atoms with van der Waals surface area (Å²) < 4.78 is 1.59. The van der Waals surface area contributed by atoms with E-state index in [1.807, 2.05) is 60.7 Å². The number of nitrogens with zero attached hydrogens (tertiary/aromatic N) is 4. The molecule has 1 N–H and O–H groups in total. The van der Waals surface area contributed by atoms with Gasteiger partial charge in [-0.2, -0.15) is 5.10 Å². The molecule has 0 radical (unpaired) electrons. The van der Waals surface area contributed by atoms with Crippen molar-refractivity contribution in [3.05, 3.63) is 107 Å². The average molecular weight is 496 g/mol. The van der Waals surface area contributed by atoms with Crippen LogP contribution in [0.25, 0.3) is 23.0 Å². The normalized spacial score (nSPS) is 14.4. The van der Waals surface area contributed by atoms with Crippen LogP contribution in [-0.4, -0.2) is 49.8 Å². The van der Waals surface area contributed by atoms with Gasteiger partial charge >= 0.3 is 0 Å². The van der Waals surface area contributed by atoms with E-state index in [4.69, 9.17) is 0 Å². The van der Waals surface area contributed by atoms with Crippen molar-refractivity contribution in [3.8, 4) is 16.9 Å². The number of carbonyl (C=O) groups excluding carboxylic acids is 3. The Kier molecular flexibility index (Phi) is 6.72. The van der Waals surface area contributed by atoms with Crippen molar-refractivity contribution >= 4 is 34.9 Å². The van der Waals surface area contributed by atoms with Crippen LogP contribution in [0.5, 0.6) is 0 Å². The molecule has 1 aliphatic heterocycles. The molecular formula is C27H21N5O3S. The number of carbonyl (C=O) groups is 3. The van der Waals surface area contributed by atoms with Gasteiger partial charge in [0.2, 0.25) is 0 Å². The number of amides is 3. The summed E-state index contributed by atoms with van der Waals surface area (Å²) in [6.07, 6.45) is 4.89. The van der Waals surface area contributed by atoms with E-state index in [9.17, 15) is 14.4 Å². The van der Waals surface area contributed by atoms with Crippen LogP contribution in [0.3, 0.4) is 0 Å². The molecule has 1 saturated heterocycles. The van der Waals surface area contributed by atoms with E-state index in [0.717, 1.165) is 33.5 Å². The van der Waals surface area contributed by atoms with Crippen molar-refractivity contribution in [1.29, 1.82) is 0 Å². The molecule has 0 atom stereocenters. The molecule has 3 amide bonds. The topological polar surface area (TPSA) is 97.2 Å². The van der Waals surface area contributed by atoms with Gasteiger partial charge in [-0.3, -0.25) is 24.3 Å². The Hall–Kier alpha value is -4.50. The molecule has 2 aromatic heterocycles. The zero-order chi connectivity index (χ0) is 24.9. The van der Waals surface area contributed by atoms with E-state index in [1.54, 1.807) is 41.4 Å². The van der Waals surface area contributed by atoms with Crippen molar-refractivity contribution in [2.45, 2.75) is 0 Å². The maximum atomic E-state index is 13.1. The number of imide groups is 1. The molecule has 36 heavy (non-hydrogen) atoms. The fourth-order valence-corrected chi connectivity index (χ4v) is 4.60. The minimum atomic E-state index is -0.385. The molecule has 0 saturated carbocycles. The monoisotopic (exact) mass is 495 g/mol. The Morgan fingerprint density at radius 2 is 1.72 bits per heavy atom. The summed E-state index contributed by atoms with van der Waals surface area (Å²) in [5, 5.41) is 7.10. The van der Waals surface area contributed by atoms with Gasteiger partial charge in [0, 0.05) is 31.0 Å². The van der Waals surface area contributed by atoms with Gasteiger partial charge in [0.25, 0.3) is 17.1 Å². The number of hydrogen-bond acceptors (Lipinski definition) is 6. The highest BCUT2D eigenvalue weighted by Gasteiger charge is 2.34. The molecule has 0 bridgehead atoms. The van der Waals surface area contributed by atoms with Crippen molar-refractivity contribution in [1.82, 2.24) is 25.0 Å². The van der Waals surface area contributed by atoms with Gasteiger partial charge < -0.3 is 5.32 Å².